The second-order valence-corrected chi connectivity index (χ2v) is 2.63. The minimum absolute atomic E-state index is 1.21. The van der Waals surface area contributed by atoms with Crippen molar-refractivity contribution in [3.63, 3.8) is 0 Å². The Bertz CT molecular complexity index is 225. The number of nitrogens with zero attached hydrogens (tertiary/aromatic N) is 1. The molecule has 1 aromatic heterocycles. The number of rotatable bonds is 0. The number of hydrogen-bond donors (Lipinski definition) is 1. The smallest absolute Gasteiger partial charge is 0.247 e. The number of nitrogens with one attached hydrogen (secondary N) is 1. The van der Waals surface area contributed by atoms with Crippen molar-refractivity contribution in [3.05, 3.63) is 17.7 Å². The number of aryl methyl sites for hydroxylation is 2. The van der Waals surface area contributed by atoms with Crippen molar-refractivity contribution in [2.24, 2.45) is 0 Å². The first-order valence-corrected chi connectivity index (χ1v) is 3.44. The van der Waals surface area contributed by atoms with Crippen molar-refractivity contribution in [3.8, 4) is 0 Å². The Hall–Kier alpha value is -0.790. The van der Waals surface area contributed by atoms with Gasteiger partial charge in [0.15, 0.2) is 0 Å². The molecular formula is C7H11N2+. The van der Waals surface area contributed by atoms with Gasteiger partial charge in [-0.25, -0.2) is 9.55 Å². The maximum atomic E-state index is 3.25. The van der Waals surface area contributed by atoms with E-state index in [0.29, 0.717) is 0 Å². The topological polar surface area (TPSA) is 19.7 Å². The first kappa shape index (κ1) is 5.03. The van der Waals surface area contributed by atoms with Crippen LogP contribution in [0.2, 0.25) is 0 Å². The zero-order valence-electron chi connectivity index (χ0n) is 5.65. The number of fused-ring (bicyclic) bond motifs is 1. The Kier molecular flexibility index (Phi) is 0.891. The summed E-state index contributed by atoms with van der Waals surface area (Å²) in [5, 5.41) is 0. The van der Waals surface area contributed by atoms with Gasteiger partial charge in [-0.05, 0) is 6.42 Å². The minimum Gasteiger partial charge on any atom is -0.247 e. The molecular weight excluding hydrogens is 112 g/mol. The Morgan fingerprint density at radius 2 is 2.56 bits per heavy atom. The molecule has 1 aromatic rings. The standard InChI is InChI=1S/C7H10N2/c1-6-5-8-7-3-2-4-9(6)7/h5H,2-4H2,1H3/p+1. The third kappa shape index (κ3) is 0.590. The summed E-state index contributed by atoms with van der Waals surface area (Å²) in [7, 11) is 0. The van der Waals surface area contributed by atoms with Crippen LogP contribution in [0.4, 0.5) is 0 Å². The lowest BCUT2D eigenvalue weighted by Gasteiger charge is -1.86. The lowest BCUT2D eigenvalue weighted by atomic mass is 10.4. The number of H-pyrrole nitrogens is 1. The molecule has 1 aliphatic rings. The van der Waals surface area contributed by atoms with Crippen LogP contribution in [-0.2, 0) is 13.0 Å². The Morgan fingerprint density at radius 1 is 1.67 bits per heavy atom. The molecule has 0 amide bonds. The van der Waals surface area contributed by atoms with Crippen molar-refractivity contribution in [2.45, 2.75) is 26.3 Å². The van der Waals surface area contributed by atoms with Crippen LogP contribution in [0.5, 0.6) is 0 Å². The summed E-state index contributed by atoms with van der Waals surface area (Å²) in [5.41, 5.74) is 1.36. The van der Waals surface area contributed by atoms with Gasteiger partial charge in [-0.15, -0.1) is 0 Å². The monoisotopic (exact) mass is 123 g/mol. The Morgan fingerprint density at radius 3 is 3.33 bits per heavy atom. The summed E-state index contributed by atoms with van der Waals surface area (Å²) in [6.07, 6.45) is 4.62. The highest BCUT2D eigenvalue weighted by molar-refractivity contribution is 4.90. The number of aromatic nitrogens is 2. The van der Waals surface area contributed by atoms with Crippen molar-refractivity contribution >= 4 is 0 Å². The zero-order chi connectivity index (χ0) is 6.27. The Labute approximate surface area is 54.5 Å². The first-order chi connectivity index (χ1) is 4.38. The van der Waals surface area contributed by atoms with Gasteiger partial charge in [0.05, 0.1) is 13.0 Å². The van der Waals surface area contributed by atoms with Gasteiger partial charge in [0, 0.05) is 6.92 Å². The predicted molar refractivity (Wildman–Crippen MR) is 34.0 cm³/mol. The van der Waals surface area contributed by atoms with E-state index in [1.54, 1.807) is 0 Å². The lowest BCUT2D eigenvalue weighted by molar-refractivity contribution is -0.695. The van der Waals surface area contributed by atoms with Crippen LogP contribution in [0.25, 0.3) is 0 Å². The molecule has 0 saturated heterocycles. The molecule has 2 nitrogen and oxygen atoms in total. The molecule has 0 bridgehead atoms. The molecule has 0 aromatic carbocycles. The van der Waals surface area contributed by atoms with Crippen molar-refractivity contribution in [1.29, 1.82) is 0 Å². The first-order valence-electron chi connectivity index (χ1n) is 3.44. The second-order valence-electron chi connectivity index (χ2n) is 2.63. The van der Waals surface area contributed by atoms with E-state index >= 15 is 0 Å². The van der Waals surface area contributed by atoms with E-state index in [-0.39, 0.29) is 0 Å². The summed E-state index contributed by atoms with van der Waals surface area (Å²) in [6.45, 7) is 3.36. The molecule has 2 heteroatoms. The normalized spacial score (nSPS) is 16.1. The molecule has 2 heterocycles. The second kappa shape index (κ2) is 1.59. The van der Waals surface area contributed by atoms with Crippen LogP contribution >= 0.6 is 0 Å². The molecule has 1 N–H and O–H groups in total. The predicted octanol–water partition coefficient (Wildman–Crippen LogP) is 0.557. The summed E-state index contributed by atoms with van der Waals surface area (Å²) in [4.78, 5) is 3.25. The van der Waals surface area contributed by atoms with Gasteiger partial charge in [0.25, 0.3) is 5.82 Å². The Balaban J connectivity index is 2.56. The fourth-order valence-corrected chi connectivity index (χ4v) is 1.48. The molecule has 0 atom stereocenters. The van der Waals surface area contributed by atoms with Crippen LogP contribution in [0.15, 0.2) is 6.20 Å². The third-order valence-electron chi connectivity index (χ3n) is 1.99. The maximum absolute atomic E-state index is 3.25. The fraction of sp³-hybridized carbons (Fsp3) is 0.571. The minimum atomic E-state index is 1.21. The molecule has 0 spiro atoms. The van der Waals surface area contributed by atoms with Gasteiger partial charge in [-0.2, -0.15) is 0 Å². The van der Waals surface area contributed by atoms with E-state index in [0.717, 1.165) is 0 Å². The fourth-order valence-electron chi connectivity index (χ4n) is 1.48. The molecule has 48 valence electrons. The molecule has 0 unspecified atom stereocenters. The van der Waals surface area contributed by atoms with Crippen molar-refractivity contribution in [1.82, 2.24) is 4.98 Å². The van der Waals surface area contributed by atoms with E-state index in [1.807, 2.05) is 0 Å². The molecule has 1 aliphatic heterocycles. The van der Waals surface area contributed by atoms with Gasteiger partial charge in [0.1, 0.15) is 11.9 Å². The van der Waals surface area contributed by atoms with Gasteiger partial charge >= 0.3 is 0 Å². The molecule has 0 fully saturated rings. The van der Waals surface area contributed by atoms with E-state index in [9.17, 15) is 0 Å². The third-order valence-corrected chi connectivity index (χ3v) is 1.99. The molecule has 0 radical (unpaired) electrons. The summed E-state index contributed by atoms with van der Waals surface area (Å²) in [5.74, 6) is 1.40. The van der Waals surface area contributed by atoms with Gasteiger partial charge in [-0.1, -0.05) is 0 Å². The van der Waals surface area contributed by atoms with Crippen LogP contribution in [0.1, 0.15) is 17.9 Å². The lowest BCUT2D eigenvalue weighted by Crippen LogP contribution is -2.33. The largest absolute Gasteiger partial charge is 0.254 e. The molecule has 0 aliphatic carbocycles. The zero-order valence-corrected chi connectivity index (χ0v) is 5.65. The highest BCUT2D eigenvalue weighted by atomic mass is 15.1. The number of imidazole rings is 1. The summed E-state index contributed by atoms with van der Waals surface area (Å²) >= 11 is 0. The SMILES string of the molecule is Cc1c[nH]c2[n+]1CCC2. The van der Waals surface area contributed by atoms with Crippen LogP contribution < -0.4 is 4.57 Å². The van der Waals surface area contributed by atoms with Crippen LogP contribution in [0, 0.1) is 6.92 Å². The highest BCUT2D eigenvalue weighted by Crippen LogP contribution is 2.04. The number of aromatic amines is 1. The van der Waals surface area contributed by atoms with Gasteiger partial charge < -0.3 is 0 Å². The van der Waals surface area contributed by atoms with Crippen molar-refractivity contribution < 1.29 is 4.57 Å². The molecule has 0 saturated carbocycles. The van der Waals surface area contributed by atoms with Crippen LogP contribution in [0.3, 0.4) is 0 Å². The van der Waals surface area contributed by atoms with E-state index in [2.05, 4.69) is 22.7 Å². The molecule has 9 heavy (non-hydrogen) atoms. The van der Waals surface area contributed by atoms with Gasteiger partial charge in [0.2, 0.25) is 0 Å². The summed E-state index contributed by atoms with van der Waals surface area (Å²) in [6, 6.07) is 0. The summed E-state index contributed by atoms with van der Waals surface area (Å²) < 4.78 is 2.35. The van der Waals surface area contributed by atoms with Gasteiger partial charge in [-0.3, -0.25) is 0 Å². The maximum Gasteiger partial charge on any atom is 0.254 e. The van der Waals surface area contributed by atoms with Crippen LogP contribution in [-0.4, -0.2) is 4.98 Å². The van der Waals surface area contributed by atoms with E-state index in [4.69, 9.17) is 0 Å². The van der Waals surface area contributed by atoms with E-state index in [1.165, 1.54) is 30.9 Å². The molecule has 2 rings (SSSR count). The number of hydrogen-bond acceptors (Lipinski definition) is 0. The highest BCUT2D eigenvalue weighted by Gasteiger charge is 2.19. The average Bonchev–Trinajstić information content (AvgIpc) is 2.35. The average molecular weight is 123 g/mol. The van der Waals surface area contributed by atoms with Crippen molar-refractivity contribution in [2.75, 3.05) is 0 Å². The van der Waals surface area contributed by atoms with E-state index < -0.39 is 0 Å². The quantitative estimate of drug-likeness (QED) is 0.486.